The van der Waals surface area contributed by atoms with Crippen LogP contribution in [0.15, 0.2) is 56.1 Å². The molecule has 2 aromatic carbocycles. The lowest BCUT2D eigenvalue weighted by Gasteiger charge is -2.37. The van der Waals surface area contributed by atoms with E-state index >= 15 is 0 Å². The van der Waals surface area contributed by atoms with Crippen LogP contribution in [0.4, 0.5) is 11.4 Å². The summed E-state index contributed by atoms with van der Waals surface area (Å²) >= 11 is 0. The molecule has 44 heavy (non-hydrogen) atoms. The van der Waals surface area contributed by atoms with Crippen LogP contribution >= 0.6 is 7.14 Å². The van der Waals surface area contributed by atoms with Crippen LogP contribution < -0.4 is 27.5 Å². The molecule has 0 aliphatic carbocycles. The minimum Gasteiger partial charge on any atom is -0.462 e. The Balaban J connectivity index is 1.54. The smallest absolute Gasteiger partial charge is 0.232 e. The van der Waals surface area contributed by atoms with Crippen molar-refractivity contribution in [1.82, 2.24) is 4.57 Å². The summed E-state index contributed by atoms with van der Waals surface area (Å²) in [6, 6.07) is 14.0. The molecule has 1 aliphatic rings. The van der Waals surface area contributed by atoms with Crippen LogP contribution in [0.5, 0.6) is 0 Å². The van der Waals surface area contributed by atoms with Gasteiger partial charge in [-0.3, -0.25) is 4.79 Å². The molecule has 5 aromatic rings. The van der Waals surface area contributed by atoms with E-state index in [1.165, 1.54) is 0 Å². The van der Waals surface area contributed by atoms with E-state index in [1.54, 1.807) is 0 Å². The van der Waals surface area contributed by atoms with Crippen molar-refractivity contribution in [3.8, 4) is 0 Å². The van der Waals surface area contributed by atoms with Crippen molar-refractivity contribution in [3.63, 3.8) is 0 Å². The number of fused-ring (bicyclic) bond motifs is 4. The summed E-state index contributed by atoms with van der Waals surface area (Å²) in [7, 11) is -3.08. The lowest BCUT2D eigenvalue weighted by molar-refractivity contribution is 0.389. The number of hydrogen-bond donors (Lipinski definition) is 2. The molecule has 0 amide bonds. The number of nitrogens with two attached hydrogens (primary N) is 2. The van der Waals surface area contributed by atoms with Crippen molar-refractivity contribution in [2.45, 2.75) is 97.7 Å². The van der Waals surface area contributed by atoms with Crippen molar-refractivity contribution >= 4 is 51.1 Å². The van der Waals surface area contributed by atoms with Crippen LogP contribution in [-0.2, 0) is 16.4 Å². The first-order chi connectivity index (χ1) is 20.6. The summed E-state index contributed by atoms with van der Waals surface area (Å²) in [6.45, 7) is 18.5. The van der Waals surface area contributed by atoms with Crippen LogP contribution in [0.3, 0.4) is 0 Å². The fraction of sp³-hybridized carbons (Fsp3) is 0.417. The van der Waals surface area contributed by atoms with Gasteiger partial charge < -0.3 is 29.4 Å². The average Bonchev–Trinajstić information content (AvgIpc) is 3.50. The number of nitrogen functional groups attached to an aromatic ring is 2. The topological polar surface area (TPSA) is 117 Å². The Morgan fingerprint density at radius 3 is 2.20 bits per heavy atom. The highest BCUT2D eigenvalue weighted by Crippen LogP contribution is 2.59. The van der Waals surface area contributed by atoms with Gasteiger partial charge >= 0.3 is 0 Å². The fourth-order valence-electron chi connectivity index (χ4n) is 7.33. The number of furan rings is 2. The molecule has 4 heterocycles. The van der Waals surface area contributed by atoms with Gasteiger partial charge in [-0.05, 0) is 51.3 Å². The third-order valence-corrected chi connectivity index (χ3v) is 13.2. The van der Waals surface area contributed by atoms with E-state index in [9.17, 15) is 9.36 Å². The van der Waals surface area contributed by atoms with Crippen LogP contribution in [0, 0.1) is 0 Å². The Morgan fingerprint density at radius 1 is 0.886 bits per heavy atom. The van der Waals surface area contributed by atoms with E-state index < -0.39 is 12.6 Å². The van der Waals surface area contributed by atoms with E-state index in [1.807, 2.05) is 64.1 Å². The molecule has 0 radical (unpaired) electrons. The van der Waals surface area contributed by atoms with Crippen molar-refractivity contribution < 1.29 is 13.4 Å². The third-order valence-electron chi connectivity index (χ3n) is 9.53. The number of aromatic nitrogens is 1. The molecule has 232 valence electrons. The Hall–Kier alpha value is -3.70. The number of anilines is 2. The summed E-state index contributed by atoms with van der Waals surface area (Å²) in [5.41, 5.74) is 17.4. The number of rotatable bonds is 6. The summed E-state index contributed by atoms with van der Waals surface area (Å²) < 4.78 is 30.0. The second-order valence-electron chi connectivity index (χ2n) is 13.9. The summed E-state index contributed by atoms with van der Waals surface area (Å²) in [5, 5.41) is 2.14. The minimum absolute atomic E-state index is 0.0367. The predicted molar refractivity (Wildman–Crippen MR) is 183 cm³/mol. The van der Waals surface area contributed by atoms with Gasteiger partial charge in [-0.25, -0.2) is 0 Å². The zero-order valence-corrected chi connectivity index (χ0v) is 28.1. The van der Waals surface area contributed by atoms with Crippen LogP contribution in [-0.4, -0.2) is 10.2 Å². The summed E-state index contributed by atoms with van der Waals surface area (Å²) in [5.74, 6) is 1.77. The maximum Gasteiger partial charge on any atom is 0.232 e. The Bertz CT molecular complexity index is 2060. The fourth-order valence-corrected chi connectivity index (χ4v) is 10.8. The SMILES string of the molecule is CC(C)c1oc2c(=O)c3c(CC(C)c4oc5c(c4N)P(=O)(C(C)C)c4ccccc4C5(C)C)cccc3n(C(C)C)c2c1N. The predicted octanol–water partition coefficient (Wildman–Crippen LogP) is 7.92. The molecule has 4 N–H and O–H groups in total. The number of hydrogen-bond acceptors (Lipinski definition) is 6. The van der Waals surface area contributed by atoms with E-state index in [4.69, 9.17) is 20.3 Å². The second kappa shape index (κ2) is 10.2. The van der Waals surface area contributed by atoms with Crippen molar-refractivity contribution in [2.75, 3.05) is 11.5 Å². The lowest BCUT2D eigenvalue weighted by atomic mass is 9.82. The van der Waals surface area contributed by atoms with Gasteiger partial charge in [-0.1, -0.05) is 71.0 Å². The van der Waals surface area contributed by atoms with Gasteiger partial charge in [0.2, 0.25) is 11.0 Å². The monoisotopic (exact) mass is 613 g/mol. The van der Waals surface area contributed by atoms with Gasteiger partial charge in [-0.2, -0.15) is 0 Å². The quantitative estimate of drug-likeness (QED) is 0.188. The standard InChI is InChI=1S/C36H44N3O4P/c1-18(2)31-27(37)29-33(42-31)30(40)26-22(13-12-15-24(26)39(29)19(3)4)17-21(7)32-28(38)34-35(43-32)36(8,9)23-14-10-11-16-25(23)44(34,41)20(5)6/h10-16,18-21H,17,37-38H2,1-9H3. The van der Waals surface area contributed by atoms with Gasteiger partial charge in [0.05, 0.1) is 27.6 Å². The van der Waals surface area contributed by atoms with Gasteiger partial charge in [0.15, 0.2) is 7.14 Å². The molecule has 0 saturated heterocycles. The summed E-state index contributed by atoms with van der Waals surface area (Å²) in [4.78, 5) is 14.1. The molecule has 0 bridgehead atoms. The summed E-state index contributed by atoms with van der Waals surface area (Å²) in [6.07, 6.45) is 0.499. The zero-order valence-electron chi connectivity index (χ0n) is 27.2. The van der Waals surface area contributed by atoms with E-state index in [-0.39, 0.29) is 34.5 Å². The molecular weight excluding hydrogens is 569 g/mol. The van der Waals surface area contributed by atoms with E-state index in [0.717, 1.165) is 21.9 Å². The van der Waals surface area contributed by atoms with Gasteiger partial charge in [-0.15, -0.1) is 0 Å². The maximum atomic E-state index is 15.0. The molecule has 2 unspecified atom stereocenters. The average molecular weight is 614 g/mol. The third kappa shape index (κ3) is 4.01. The number of benzene rings is 2. The molecular formula is C36H44N3O4P. The van der Waals surface area contributed by atoms with Crippen LogP contribution in [0.1, 0.15) is 109 Å². The Kier molecular flexibility index (Phi) is 7.01. The van der Waals surface area contributed by atoms with Crippen LogP contribution in [0.2, 0.25) is 0 Å². The highest BCUT2D eigenvalue weighted by molar-refractivity contribution is 7.79. The first kappa shape index (κ1) is 30.3. The molecule has 8 heteroatoms. The molecule has 0 saturated carbocycles. The van der Waals surface area contributed by atoms with E-state index in [2.05, 4.69) is 45.3 Å². The molecule has 2 atom stereocenters. The minimum atomic E-state index is -3.08. The van der Waals surface area contributed by atoms with Gasteiger partial charge in [0.25, 0.3) is 0 Å². The second-order valence-corrected chi connectivity index (χ2v) is 17.2. The molecule has 1 aliphatic heterocycles. The largest absolute Gasteiger partial charge is 0.462 e. The molecule has 7 nitrogen and oxygen atoms in total. The maximum absolute atomic E-state index is 15.0. The molecule has 3 aromatic heterocycles. The van der Waals surface area contributed by atoms with Crippen molar-refractivity contribution in [2.24, 2.45) is 0 Å². The highest BCUT2D eigenvalue weighted by atomic mass is 31.2. The normalized spacial score (nSPS) is 18.5. The number of pyridine rings is 1. The number of nitrogens with zero attached hydrogens (tertiary/aromatic N) is 1. The highest BCUT2D eigenvalue weighted by Gasteiger charge is 2.50. The first-order valence-electron chi connectivity index (χ1n) is 15.6. The van der Waals surface area contributed by atoms with Crippen LogP contribution in [0.25, 0.3) is 22.0 Å². The van der Waals surface area contributed by atoms with E-state index in [0.29, 0.717) is 51.3 Å². The van der Waals surface area contributed by atoms with Crippen molar-refractivity contribution in [1.29, 1.82) is 0 Å². The zero-order chi connectivity index (χ0) is 32.0. The Morgan fingerprint density at radius 2 is 1.57 bits per heavy atom. The van der Waals surface area contributed by atoms with Crippen molar-refractivity contribution in [3.05, 3.63) is 81.1 Å². The van der Waals surface area contributed by atoms with Gasteiger partial charge in [0, 0.05) is 34.3 Å². The molecule has 0 spiro atoms. The first-order valence-corrected chi connectivity index (χ1v) is 17.4. The molecule has 6 rings (SSSR count). The Labute approximate surface area is 259 Å². The van der Waals surface area contributed by atoms with Gasteiger partial charge in [0.1, 0.15) is 22.8 Å². The lowest BCUT2D eigenvalue weighted by Crippen LogP contribution is -2.41. The molecule has 0 fully saturated rings.